The number of ether oxygens (including phenoxy) is 3. The van der Waals surface area contributed by atoms with E-state index in [-0.39, 0.29) is 24.2 Å². The van der Waals surface area contributed by atoms with Gasteiger partial charge < -0.3 is 33.6 Å². The molecule has 3 aromatic heterocycles. The van der Waals surface area contributed by atoms with E-state index in [9.17, 15) is 14.7 Å². The number of fused-ring (bicyclic) bond motifs is 2. The first-order chi connectivity index (χ1) is 31.6. The quantitative estimate of drug-likeness (QED) is 0.128. The highest BCUT2D eigenvalue weighted by Crippen LogP contribution is 2.55. The van der Waals surface area contributed by atoms with E-state index in [1.165, 1.54) is 21.8 Å². The van der Waals surface area contributed by atoms with E-state index in [2.05, 4.69) is 40.5 Å². The Morgan fingerprint density at radius 2 is 1.71 bits per heavy atom. The first kappa shape index (κ1) is 43.5. The van der Waals surface area contributed by atoms with Gasteiger partial charge in [0.15, 0.2) is 11.5 Å². The highest BCUT2D eigenvalue weighted by Gasteiger charge is 2.62. The summed E-state index contributed by atoms with van der Waals surface area (Å²) in [4.78, 5) is 49.8. The number of nitrogens with one attached hydrogen (secondary N) is 2. The van der Waals surface area contributed by atoms with E-state index >= 15 is 9.18 Å². The fraction of sp³-hybridized carbons (Fsp3) is 0.429. The molecule has 0 bridgehead atoms. The van der Waals surface area contributed by atoms with Gasteiger partial charge in [-0.3, -0.25) is 19.2 Å². The van der Waals surface area contributed by atoms with Crippen LogP contribution in [0.4, 0.5) is 9.18 Å². The van der Waals surface area contributed by atoms with Gasteiger partial charge in [0.05, 0.1) is 42.4 Å². The molecule has 2 amide bonds. The Balaban J connectivity index is 1.09. The number of aliphatic hydroxyl groups is 1. The molecule has 6 heterocycles. The number of rotatable bonds is 11. The summed E-state index contributed by atoms with van der Waals surface area (Å²) in [6, 6.07) is 16.4. The first-order valence-electron chi connectivity index (χ1n) is 22.6. The maximum Gasteiger partial charge on any atom is 0.427 e. The Labute approximate surface area is 380 Å². The fourth-order valence-electron chi connectivity index (χ4n) is 10.4. The lowest BCUT2D eigenvalue weighted by molar-refractivity contribution is 0.0390. The van der Waals surface area contributed by atoms with Gasteiger partial charge in [0.25, 0.3) is 5.91 Å². The van der Waals surface area contributed by atoms with Crippen LogP contribution in [-0.2, 0) is 21.5 Å². The number of methoxy groups -OCH3 is 1. The third-order valence-corrected chi connectivity index (χ3v) is 14.1. The topological polar surface area (TPSA) is 168 Å². The molecule has 4 atom stereocenters. The van der Waals surface area contributed by atoms with E-state index in [1.807, 2.05) is 17.9 Å². The molecule has 0 spiro atoms. The number of hydroxylamine groups is 1. The normalized spacial score (nSPS) is 22.0. The Morgan fingerprint density at radius 1 is 0.985 bits per heavy atom. The van der Waals surface area contributed by atoms with Crippen molar-refractivity contribution in [1.29, 1.82) is 0 Å². The Morgan fingerprint density at radius 3 is 2.38 bits per heavy atom. The zero-order valence-electron chi connectivity index (χ0n) is 38.2. The van der Waals surface area contributed by atoms with Gasteiger partial charge in [-0.2, -0.15) is 5.10 Å². The summed E-state index contributed by atoms with van der Waals surface area (Å²) < 4.78 is 39.3. The zero-order chi connectivity index (χ0) is 46.4. The molecule has 3 N–H and O–H groups in total. The van der Waals surface area contributed by atoms with Crippen LogP contribution in [0.5, 0.6) is 11.5 Å². The van der Waals surface area contributed by atoms with Gasteiger partial charge in [-0.15, -0.1) is 5.48 Å². The zero-order valence-corrected chi connectivity index (χ0v) is 38.2. The van der Waals surface area contributed by atoms with Crippen molar-refractivity contribution in [3.8, 4) is 28.7 Å². The predicted octanol–water partition coefficient (Wildman–Crippen LogP) is 6.64. The lowest BCUT2D eigenvalue weighted by Gasteiger charge is -2.35. The van der Waals surface area contributed by atoms with E-state index in [4.69, 9.17) is 24.1 Å². The number of aryl methyl sites for hydroxylation is 2. The molecule has 1 saturated carbocycles. The van der Waals surface area contributed by atoms with E-state index in [1.54, 1.807) is 75.1 Å². The minimum absolute atomic E-state index is 0.0825. The number of carbonyl (C=O) groups is 2. The van der Waals surface area contributed by atoms with E-state index in [0.717, 1.165) is 23.7 Å². The SMILES string of the molecule is COc1cc(-n2ccn(-c3c4c(nn3-c3cc(C)c(F)c(C)c3)CCN(C(=O)c3cc5cc(C6CCOCC6)ccc5n3[C@@]3(C5NOC(=O)N5)C[C@@H]3C)C4C)c2=O)ccc1OC(C)(C)CO. The molecule has 6 aromatic rings. The summed E-state index contributed by atoms with van der Waals surface area (Å²) in [7, 11) is 1.50. The molecule has 16 nitrogen and oxygen atoms in total. The highest BCUT2D eigenvalue weighted by molar-refractivity contribution is 6.00. The number of hydrogen-bond acceptors (Lipinski definition) is 10. The van der Waals surface area contributed by atoms with Crippen LogP contribution in [0.3, 0.4) is 0 Å². The molecule has 346 valence electrons. The largest absolute Gasteiger partial charge is 0.493 e. The van der Waals surface area contributed by atoms with Crippen molar-refractivity contribution >= 4 is 22.9 Å². The van der Waals surface area contributed by atoms with Crippen LogP contribution in [-0.4, -0.2) is 90.7 Å². The number of imidazole rings is 1. The van der Waals surface area contributed by atoms with Crippen LogP contribution >= 0.6 is 0 Å². The van der Waals surface area contributed by atoms with Crippen molar-refractivity contribution in [2.24, 2.45) is 5.92 Å². The van der Waals surface area contributed by atoms with Crippen LogP contribution < -0.4 is 26.0 Å². The van der Waals surface area contributed by atoms with Crippen LogP contribution in [0, 0.1) is 25.6 Å². The molecule has 66 heavy (non-hydrogen) atoms. The second kappa shape index (κ2) is 16.2. The van der Waals surface area contributed by atoms with Crippen LogP contribution in [0.15, 0.2) is 71.8 Å². The van der Waals surface area contributed by atoms with Gasteiger partial charge in [-0.25, -0.2) is 18.7 Å². The summed E-state index contributed by atoms with van der Waals surface area (Å²) in [6.45, 7) is 12.5. The molecule has 2 saturated heterocycles. The number of benzene rings is 3. The molecule has 10 rings (SSSR count). The van der Waals surface area contributed by atoms with Crippen molar-refractivity contribution in [2.45, 2.75) is 96.5 Å². The summed E-state index contributed by atoms with van der Waals surface area (Å²) >= 11 is 0. The smallest absolute Gasteiger partial charge is 0.427 e. The monoisotopic (exact) mass is 902 g/mol. The standard InChI is InChI=1S/C49H55FN8O8/c1-27-20-35(21-28(2)42(27)50)58-43(56-17-16-55(47(56)62)34-9-11-39(40(24-34)63-7)65-48(5,6)26-59)41-30(4)54(15-12-36(41)52-58)44(60)38-23-33-22-32(31-13-18-64-19-14-31)8-10-37(33)57(38)49(25-29(49)3)45-51-46(61)66-53-45/h8-11,16-17,20-24,29-31,45,53,59H,12-15,18-19,25-26H2,1-7H3,(H,51,61)/t29-,30?,45?,49-/m0/s1. The maximum atomic E-state index is 15.5. The average molecular weight is 903 g/mol. The molecular formula is C49H55FN8O8. The van der Waals surface area contributed by atoms with Gasteiger partial charge in [0, 0.05) is 61.1 Å². The number of aliphatic hydroxyl groups excluding tert-OH is 1. The molecule has 0 radical (unpaired) electrons. The molecular weight excluding hydrogens is 848 g/mol. The van der Waals surface area contributed by atoms with Crippen LogP contribution in [0.25, 0.3) is 28.1 Å². The number of amides is 2. The van der Waals surface area contributed by atoms with Crippen molar-refractivity contribution in [1.82, 2.24) is 39.2 Å². The maximum absolute atomic E-state index is 15.5. The Hall–Kier alpha value is -6.43. The van der Waals surface area contributed by atoms with Gasteiger partial charge in [0.2, 0.25) is 0 Å². The lowest BCUT2D eigenvalue weighted by Crippen LogP contribution is -2.49. The second-order valence-electron chi connectivity index (χ2n) is 18.8. The number of hydrogen-bond donors (Lipinski definition) is 3. The molecule has 2 unspecified atom stereocenters. The third-order valence-electron chi connectivity index (χ3n) is 14.1. The van der Waals surface area contributed by atoms with Crippen LogP contribution in [0.1, 0.15) is 97.4 Å². The lowest BCUT2D eigenvalue weighted by atomic mass is 9.91. The number of nitrogens with zero attached hydrogens (tertiary/aromatic N) is 6. The third kappa shape index (κ3) is 7.06. The minimum atomic E-state index is -0.877. The Bertz CT molecular complexity index is 2960. The second-order valence-corrected chi connectivity index (χ2v) is 18.8. The summed E-state index contributed by atoms with van der Waals surface area (Å²) in [5.74, 6) is 1.07. The van der Waals surface area contributed by atoms with E-state index in [0.29, 0.717) is 95.3 Å². The average Bonchev–Trinajstić information content (AvgIpc) is 3.81. The van der Waals surface area contributed by atoms with Gasteiger partial charge in [-0.05, 0) is 125 Å². The number of halogens is 1. The summed E-state index contributed by atoms with van der Waals surface area (Å²) in [6.07, 6.45) is 5.06. The van der Waals surface area contributed by atoms with Crippen molar-refractivity contribution < 1.29 is 38.1 Å². The first-order valence-corrected chi connectivity index (χ1v) is 22.6. The number of carbonyl (C=O) groups excluding carboxylic acids is 2. The predicted molar refractivity (Wildman–Crippen MR) is 242 cm³/mol. The molecule has 3 aromatic carbocycles. The van der Waals surface area contributed by atoms with Crippen molar-refractivity contribution in [3.05, 3.63) is 117 Å². The van der Waals surface area contributed by atoms with Gasteiger partial charge >= 0.3 is 11.8 Å². The number of aromatic nitrogens is 5. The molecule has 17 heteroatoms. The summed E-state index contributed by atoms with van der Waals surface area (Å²) in [5.41, 5.74) is 6.75. The van der Waals surface area contributed by atoms with Crippen molar-refractivity contribution in [3.63, 3.8) is 0 Å². The molecule has 3 aliphatic heterocycles. The summed E-state index contributed by atoms with van der Waals surface area (Å²) in [5, 5.41) is 18.8. The van der Waals surface area contributed by atoms with E-state index < -0.39 is 35.1 Å². The highest BCUT2D eigenvalue weighted by atomic mass is 19.1. The molecule has 4 aliphatic rings. The fourth-order valence-corrected chi connectivity index (χ4v) is 10.4. The van der Waals surface area contributed by atoms with Gasteiger partial charge in [0.1, 0.15) is 29.1 Å². The molecule has 3 fully saturated rings. The Kier molecular flexibility index (Phi) is 10.6. The van der Waals surface area contributed by atoms with Crippen molar-refractivity contribution in [2.75, 3.05) is 33.5 Å². The van der Waals surface area contributed by atoms with Gasteiger partial charge in [-0.1, -0.05) is 13.0 Å². The minimum Gasteiger partial charge on any atom is -0.493 e. The van der Waals surface area contributed by atoms with Crippen LogP contribution in [0.2, 0.25) is 0 Å². The molecule has 1 aliphatic carbocycles.